The van der Waals surface area contributed by atoms with Crippen LogP contribution in [0.4, 0.5) is 15.8 Å². The number of fused-ring (bicyclic) bond motifs is 1. The van der Waals surface area contributed by atoms with Crippen LogP contribution < -0.4 is 13.9 Å². The molecule has 30 heavy (non-hydrogen) atoms. The lowest BCUT2D eigenvalue weighted by Crippen LogP contribution is -2.50. The zero-order chi connectivity index (χ0) is 21.4. The number of amides is 1. The van der Waals surface area contributed by atoms with Crippen molar-refractivity contribution in [3.05, 3.63) is 59.9 Å². The Morgan fingerprint density at radius 1 is 1.13 bits per heavy atom. The SMILES string of the molecule is CN1c2ccc(F)cc2N(CCNC(=O)C2(c3ccccc3)CCOCC2)S1(=O)=O. The lowest BCUT2D eigenvalue weighted by Gasteiger charge is -2.36. The Labute approximate surface area is 175 Å². The van der Waals surface area contributed by atoms with Crippen molar-refractivity contribution >= 4 is 27.5 Å². The van der Waals surface area contributed by atoms with Gasteiger partial charge in [-0.1, -0.05) is 30.3 Å². The Bertz CT molecular complexity index is 1040. The number of hydrogen-bond acceptors (Lipinski definition) is 4. The van der Waals surface area contributed by atoms with Gasteiger partial charge in [-0.3, -0.25) is 9.10 Å². The van der Waals surface area contributed by atoms with E-state index in [1.165, 1.54) is 25.2 Å². The fourth-order valence-corrected chi connectivity index (χ4v) is 5.57. The number of carbonyl (C=O) groups is 1. The second-order valence-electron chi connectivity index (χ2n) is 7.50. The molecule has 9 heteroatoms. The Morgan fingerprint density at radius 3 is 2.53 bits per heavy atom. The number of carbonyl (C=O) groups excluding carboxylic acids is 1. The minimum atomic E-state index is -3.80. The van der Waals surface area contributed by atoms with Crippen LogP contribution in [-0.2, 0) is 25.2 Å². The molecule has 2 aromatic carbocycles. The summed E-state index contributed by atoms with van der Waals surface area (Å²) in [6.45, 7) is 1.09. The smallest absolute Gasteiger partial charge is 0.326 e. The Kier molecular flexibility index (Phi) is 5.42. The van der Waals surface area contributed by atoms with E-state index in [2.05, 4.69) is 5.32 Å². The molecule has 2 aromatic rings. The topological polar surface area (TPSA) is 79.0 Å². The third kappa shape index (κ3) is 3.41. The maximum absolute atomic E-state index is 13.7. The fraction of sp³-hybridized carbons (Fsp3) is 0.381. The van der Waals surface area contributed by atoms with Crippen molar-refractivity contribution in [3.63, 3.8) is 0 Å². The number of rotatable bonds is 5. The monoisotopic (exact) mass is 433 g/mol. The molecule has 1 fully saturated rings. The van der Waals surface area contributed by atoms with Crippen molar-refractivity contribution in [2.45, 2.75) is 18.3 Å². The highest BCUT2D eigenvalue weighted by atomic mass is 32.2. The van der Waals surface area contributed by atoms with E-state index in [0.29, 0.717) is 31.7 Å². The first kappa shape index (κ1) is 20.6. The molecule has 7 nitrogen and oxygen atoms in total. The zero-order valence-corrected chi connectivity index (χ0v) is 17.5. The maximum atomic E-state index is 13.7. The fourth-order valence-electron chi connectivity index (χ4n) is 4.16. The lowest BCUT2D eigenvalue weighted by atomic mass is 9.73. The molecular formula is C21H24FN3O4S. The Balaban J connectivity index is 1.51. The van der Waals surface area contributed by atoms with Crippen LogP contribution in [0.2, 0.25) is 0 Å². The molecule has 1 amide bonds. The number of benzene rings is 2. The summed E-state index contributed by atoms with van der Waals surface area (Å²) in [5, 5.41) is 2.90. The van der Waals surface area contributed by atoms with Gasteiger partial charge in [-0.05, 0) is 30.5 Å². The van der Waals surface area contributed by atoms with Crippen LogP contribution in [-0.4, -0.2) is 47.7 Å². The van der Waals surface area contributed by atoms with E-state index in [9.17, 15) is 17.6 Å². The quantitative estimate of drug-likeness (QED) is 0.784. The van der Waals surface area contributed by atoms with E-state index in [1.54, 1.807) is 0 Å². The summed E-state index contributed by atoms with van der Waals surface area (Å²) in [6.07, 6.45) is 1.11. The van der Waals surface area contributed by atoms with Crippen molar-refractivity contribution in [3.8, 4) is 0 Å². The molecule has 0 saturated carbocycles. The van der Waals surface area contributed by atoms with Gasteiger partial charge in [0.05, 0.1) is 23.3 Å². The van der Waals surface area contributed by atoms with Crippen LogP contribution >= 0.6 is 0 Å². The highest BCUT2D eigenvalue weighted by Gasteiger charge is 2.42. The van der Waals surface area contributed by atoms with Gasteiger partial charge in [0.25, 0.3) is 0 Å². The molecule has 1 N–H and O–H groups in total. The molecule has 1 saturated heterocycles. The molecule has 4 rings (SSSR count). The van der Waals surface area contributed by atoms with Crippen LogP contribution in [0, 0.1) is 5.82 Å². The zero-order valence-electron chi connectivity index (χ0n) is 16.7. The van der Waals surface area contributed by atoms with Gasteiger partial charge in [0.2, 0.25) is 5.91 Å². The standard InChI is InChI=1S/C21H24FN3O4S/c1-24-18-8-7-17(22)15-19(18)25(30(24,27)28)12-11-23-20(26)21(9-13-29-14-10-21)16-5-3-2-4-6-16/h2-8,15H,9-14H2,1H3,(H,23,26). The molecule has 0 spiro atoms. The van der Waals surface area contributed by atoms with E-state index in [0.717, 1.165) is 14.2 Å². The third-order valence-electron chi connectivity index (χ3n) is 5.88. The predicted molar refractivity (Wildman–Crippen MR) is 112 cm³/mol. The van der Waals surface area contributed by atoms with Gasteiger partial charge in [0.1, 0.15) is 5.82 Å². The van der Waals surface area contributed by atoms with Crippen molar-refractivity contribution in [2.75, 3.05) is 42.0 Å². The first-order valence-corrected chi connectivity index (χ1v) is 11.2. The van der Waals surface area contributed by atoms with Crippen LogP contribution in [0.1, 0.15) is 18.4 Å². The summed E-state index contributed by atoms with van der Waals surface area (Å²) >= 11 is 0. The summed E-state index contributed by atoms with van der Waals surface area (Å²) in [4.78, 5) is 13.2. The van der Waals surface area contributed by atoms with E-state index in [1.807, 2.05) is 30.3 Å². The van der Waals surface area contributed by atoms with Crippen molar-refractivity contribution in [2.24, 2.45) is 0 Å². The van der Waals surface area contributed by atoms with Crippen LogP contribution in [0.5, 0.6) is 0 Å². The summed E-state index contributed by atoms with van der Waals surface area (Å²) < 4.78 is 46.9. The highest BCUT2D eigenvalue weighted by Crippen LogP contribution is 2.40. The van der Waals surface area contributed by atoms with Crippen LogP contribution in [0.25, 0.3) is 0 Å². The van der Waals surface area contributed by atoms with Gasteiger partial charge in [-0.15, -0.1) is 0 Å². The summed E-state index contributed by atoms with van der Waals surface area (Å²) in [5.74, 6) is -0.667. The second kappa shape index (κ2) is 7.88. The van der Waals surface area contributed by atoms with E-state index < -0.39 is 21.4 Å². The van der Waals surface area contributed by atoms with Gasteiger partial charge in [-0.2, -0.15) is 8.42 Å². The van der Waals surface area contributed by atoms with Crippen molar-refractivity contribution in [1.29, 1.82) is 0 Å². The molecule has 0 radical (unpaired) electrons. The molecule has 0 bridgehead atoms. The van der Waals surface area contributed by atoms with E-state index >= 15 is 0 Å². The minimum absolute atomic E-state index is 0.0102. The summed E-state index contributed by atoms with van der Waals surface area (Å²) in [7, 11) is -2.38. The number of halogens is 1. The number of anilines is 2. The third-order valence-corrected chi connectivity index (χ3v) is 7.70. The molecular weight excluding hydrogens is 409 g/mol. The second-order valence-corrected chi connectivity index (χ2v) is 9.38. The molecule has 2 aliphatic rings. The average molecular weight is 434 g/mol. The van der Waals surface area contributed by atoms with Gasteiger partial charge in [0, 0.05) is 32.9 Å². The van der Waals surface area contributed by atoms with E-state index in [4.69, 9.17) is 4.74 Å². The number of ether oxygens (including phenoxy) is 1. The molecule has 0 atom stereocenters. The van der Waals surface area contributed by atoms with Crippen molar-refractivity contribution in [1.82, 2.24) is 5.32 Å². The normalized spacial score (nSPS) is 19.4. The van der Waals surface area contributed by atoms with Crippen LogP contribution in [0.15, 0.2) is 48.5 Å². The first-order chi connectivity index (χ1) is 14.4. The van der Waals surface area contributed by atoms with Gasteiger partial charge in [0.15, 0.2) is 0 Å². The van der Waals surface area contributed by atoms with E-state index in [-0.39, 0.29) is 24.7 Å². The first-order valence-electron chi connectivity index (χ1n) is 9.84. The highest BCUT2D eigenvalue weighted by molar-refractivity contribution is 7.94. The minimum Gasteiger partial charge on any atom is -0.381 e. The lowest BCUT2D eigenvalue weighted by molar-refractivity contribution is -0.130. The molecule has 0 unspecified atom stereocenters. The van der Waals surface area contributed by atoms with Crippen molar-refractivity contribution < 1.29 is 22.3 Å². The summed E-state index contributed by atoms with van der Waals surface area (Å²) in [5.41, 5.74) is 0.903. The van der Waals surface area contributed by atoms with Gasteiger partial charge in [-0.25, -0.2) is 8.70 Å². The molecule has 2 aliphatic heterocycles. The number of nitrogens with one attached hydrogen (secondary N) is 1. The Morgan fingerprint density at radius 2 is 1.83 bits per heavy atom. The molecule has 0 aromatic heterocycles. The molecule has 0 aliphatic carbocycles. The number of hydrogen-bond donors (Lipinski definition) is 1. The molecule has 2 heterocycles. The molecule has 160 valence electrons. The summed E-state index contributed by atoms with van der Waals surface area (Å²) in [6, 6.07) is 13.4. The predicted octanol–water partition coefficient (Wildman–Crippen LogP) is 2.19. The Hall–Kier alpha value is -2.65. The van der Waals surface area contributed by atoms with Gasteiger partial charge < -0.3 is 10.1 Å². The van der Waals surface area contributed by atoms with Crippen LogP contribution in [0.3, 0.4) is 0 Å². The number of nitrogens with zero attached hydrogens (tertiary/aromatic N) is 2. The largest absolute Gasteiger partial charge is 0.381 e. The maximum Gasteiger partial charge on any atom is 0.326 e. The van der Waals surface area contributed by atoms with Gasteiger partial charge >= 0.3 is 10.2 Å². The average Bonchev–Trinajstić information content (AvgIpc) is 2.94.